The largest absolute Gasteiger partial charge is 0.494 e. The van der Waals surface area contributed by atoms with Crippen LogP contribution < -0.4 is 0 Å². The summed E-state index contributed by atoms with van der Waals surface area (Å²) in [4.78, 5) is 0. The maximum atomic E-state index is 6.04. The van der Waals surface area contributed by atoms with Crippen molar-refractivity contribution >= 4 is 13.8 Å². The predicted octanol–water partition coefficient (Wildman–Crippen LogP) is 2.94. The average Bonchev–Trinajstić information content (AvgIpc) is 2.59. The molecule has 0 radical (unpaired) electrons. The Hall–Kier alpha value is -1.33. The quantitative estimate of drug-likeness (QED) is 0.451. The van der Waals surface area contributed by atoms with Crippen LogP contribution in [0.1, 0.15) is 34.1 Å². The zero-order chi connectivity index (χ0) is 15.0. The molecule has 0 atom stereocenters. The van der Waals surface area contributed by atoms with Crippen LogP contribution in [0.15, 0.2) is 40.6 Å². The lowest BCUT2D eigenvalue weighted by atomic mass is 9.75. The topological polar surface area (TPSA) is 34.1 Å². The normalized spacial score (nSPS) is 25.8. The van der Waals surface area contributed by atoms with Gasteiger partial charge in [0.2, 0.25) is 0 Å². The number of hydrogen-bond donors (Lipinski definition) is 0. The maximum absolute atomic E-state index is 6.04. The molecule has 0 aromatic carbocycles. The smallest absolute Gasteiger partial charge is 0.399 e. The molecule has 0 unspecified atom stereocenters. The summed E-state index contributed by atoms with van der Waals surface area (Å²) in [6.07, 6.45) is 9.07. The van der Waals surface area contributed by atoms with Gasteiger partial charge in [-0.25, -0.2) is 0 Å². The third-order valence-electron chi connectivity index (χ3n) is 4.16. The van der Waals surface area contributed by atoms with Crippen molar-refractivity contribution in [3.8, 4) is 0 Å². The van der Waals surface area contributed by atoms with Gasteiger partial charge in [-0.05, 0) is 45.2 Å². The van der Waals surface area contributed by atoms with E-state index in [-0.39, 0.29) is 18.3 Å². The zero-order valence-electron chi connectivity index (χ0n) is 13.0. The van der Waals surface area contributed by atoms with E-state index in [2.05, 4.69) is 57.7 Å². The summed E-state index contributed by atoms with van der Waals surface area (Å²) in [5, 5.41) is 5.52. The minimum atomic E-state index is -0.296. The van der Waals surface area contributed by atoms with Crippen LogP contribution in [0.3, 0.4) is 0 Å². The molecule has 1 aliphatic heterocycles. The van der Waals surface area contributed by atoms with Crippen LogP contribution in [0.5, 0.6) is 0 Å². The van der Waals surface area contributed by atoms with Gasteiger partial charge in [-0.1, -0.05) is 18.2 Å². The van der Waals surface area contributed by atoms with Crippen molar-refractivity contribution in [2.45, 2.75) is 45.3 Å². The Balaban J connectivity index is 2.07. The first-order valence-electron chi connectivity index (χ1n) is 6.89. The lowest BCUT2D eigenvalue weighted by Crippen LogP contribution is -2.41. The number of hydrazone groups is 1. The van der Waals surface area contributed by atoms with Crippen LogP contribution in [-0.4, -0.2) is 37.1 Å². The van der Waals surface area contributed by atoms with E-state index in [1.54, 1.807) is 5.01 Å². The first kappa shape index (κ1) is 15.1. The second-order valence-corrected chi connectivity index (χ2v) is 6.25. The Morgan fingerprint density at radius 2 is 1.85 bits per heavy atom. The fourth-order valence-electron chi connectivity index (χ4n) is 2.11. The minimum Gasteiger partial charge on any atom is -0.399 e. The first-order chi connectivity index (χ1) is 9.25. The van der Waals surface area contributed by atoms with E-state index in [0.717, 1.165) is 11.9 Å². The van der Waals surface area contributed by atoms with Crippen molar-refractivity contribution in [3.63, 3.8) is 0 Å². The Bertz CT molecular complexity index is 476. The van der Waals surface area contributed by atoms with Crippen LogP contribution >= 0.6 is 0 Å². The van der Waals surface area contributed by atoms with Gasteiger partial charge in [0.1, 0.15) is 0 Å². The van der Waals surface area contributed by atoms with Crippen molar-refractivity contribution in [2.24, 2.45) is 5.10 Å². The Kier molecular flexibility index (Phi) is 3.94. The van der Waals surface area contributed by atoms with Crippen molar-refractivity contribution in [3.05, 3.63) is 35.5 Å². The van der Waals surface area contributed by atoms with Crippen molar-refractivity contribution in [1.29, 1.82) is 0 Å². The Labute approximate surface area is 122 Å². The summed E-state index contributed by atoms with van der Waals surface area (Å²) in [7, 11) is 1.58. The molecule has 2 aliphatic rings. The molecular weight excluding hydrogens is 251 g/mol. The number of allylic oxidation sites excluding steroid dienone is 5. The number of hydrogen-bond acceptors (Lipinski definition) is 4. The SMILES string of the molecule is C=NN(C)/C=C1/C=CC(B2OC(C)(C)C(C)(C)O2)=CC1. The molecule has 0 aromatic rings. The van der Waals surface area contributed by atoms with E-state index in [4.69, 9.17) is 9.31 Å². The average molecular weight is 274 g/mol. The predicted molar refractivity (Wildman–Crippen MR) is 83.3 cm³/mol. The van der Waals surface area contributed by atoms with Crippen molar-refractivity contribution in [1.82, 2.24) is 5.01 Å². The van der Waals surface area contributed by atoms with E-state index in [1.807, 2.05) is 13.2 Å². The summed E-state index contributed by atoms with van der Waals surface area (Å²) >= 11 is 0. The van der Waals surface area contributed by atoms with E-state index in [9.17, 15) is 0 Å². The maximum Gasteiger partial charge on any atom is 0.494 e. The molecule has 1 saturated heterocycles. The highest BCUT2D eigenvalue weighted by Crippen LogP contribution is 2.39. The van der Waals surface area contributed by atoms with E-state index in [1.165, 1.54) is 5.57 Å². The van der Waals surface area contributed by atoms with Gasteiger partial charge in [-0.2, -0.15) is 5.10 Å². The van der Waals surface area contributed by atoms with Crippen LogP contribution in [0.25, 0.3) is 0 Å². The molecule has 0 N–H and O–H groups in total. The third kappa shape index (κ3) is 2.89. The van der Waals surface area contributed by atoms with Gasteiger partial charge >= 0.3 is 7.12 Å². The molecule has 20 heavy (non-hydrogen) atoms. The molecule has 1 fully saturated rings. The van der Waals surface area contributed by atoms with Gasteiger partial charge in [0, 0.05) is 20.0 Å². The lowest BCUT2D eigenvalue weighted by molar-refractivity contribution is 0.00578. The highest BCUT2D eigenvalue weighted by Gasteiger charge is 2.52. The molecule has 0 spiro atoms. The van der Waals surface area contributed by atoms with Crippen molar-refractivity contribution < 1.29 is 9.31 Å². The standard InChI is InChI=1S/C15H23BN2O2/c1-14(2)15(3,4)20-16(19-14)13-9-7-12(8-10-13)11-18(6)17-5/h7,9-11H,5,8H2,1-4,6H3/b12-11-. The van der Waals surface area contributed by atoms with E-state index >= 15 is 0 Å². The van der Waals surface area contributed by atoms with Crippen LogP contribution in [0.4, 0.5) is 0 Å². The minimum absolute atomic E-state index is 0.284. The first-order valence-corrected chi connectivity index (χ1v) is 6.89. The van der Waals surface area contributed by atoms with Crippen molar-refractivity contribution in [2.75, 3.05) is 7.05 Å². The van der Waals surface area contributed by atoms with Gasteiger partial charge in [0.25, 0.3) is 0 Å². The van der Waals surface area contributed by atoms with Gasteiger partial charge < -0.3 is 9.31 Å². The molecule has 0 saturated carbocycles. The fourth-order valence-corrected chi connectivity index (χ4v) is 2.11. The van der Waals surface area contributed by atoms with Gasteiger partial charge in [-0.3, -0.25) is 5.01 Å². The van der Waals surface area contributed by atoms with Gasteiger partial charge in [0.05, 0.1) is 11.2 Å². The fraction of sp³-hybridized carbons (Fsp3) is 0.533. The monoisotopic (exact) mass is 274 g/mol. The highest BCUT2D eigenvalue weighted by molar-refractivity contribution is 6.55. The molecule has 0 amide bonds. The highest BCUT2D eigenvalue weighted by atomic mass is 16.7. The van der Waals surface area contributed by atoms with Crippen LogP contribution in [-0.2, 0) is 9.31 Å². The summed E-state index contributed by atoms with van der Waals surface area (Å²) in [5.74, 6) is 0. The Morgan fingerprint density at radius 1 is 1.25 bits per heavy atom. The summed E-state index contributed by atoms with van der Waals surface area (Å²) in [6.45, 7) is 11.8. The molecule has 0 bridgehead atoms. The lowest BCUT2D eigenvalue weighted by Gasteiger charge is -2.32. The van der Waals surface area contributed by atoms with Gasteiger partial charge in [-0.15, -0.1) is 0 Å². The van der Waals surface area contributed by atoms with E-state index < -0.39 is 0 Å². The molecule has 2 rings (SSSR count). The second kappa shape index (κ2) is 5.22. The molecule has 108 valence electrons. The summed E-state index contributed by atoms with van der Waals surface area (Å²) in [6, 6.07) is 0. The zero-order valence-corrected chi connectivity index (χ0v) is 13.0. The molecule has 5 heteroatoms. The Morgan fingerprint density at radius 3 is 2.30 bits per heavy atom. The third-order valence-corrected chi connectivity index (χ3v) is 4.16. The molecular formula is C15H23BN2O2. The molecule has 4 nitrogen and oxygen atoms in total. The summed E-state index contributed by atoms with van der Waals surface area (Å²) < 4.78 is 12.1. The molecule has 0 aromatic heterocycles. The van der Waals surface area contributed by atoms with Gasteiger partial charge in [0.15, 0.2) is 0 Å². The number of rotatable bonds is 3. The molecule has 1 heterocycles. The van der Waals surface area contributed by atoms with E-state index in [0.29, 0.717) is 0 Å². The summed E-state index contributed by atoms with van der Waals surface area (Å²) in [5.41, 5.74) is 1.67. The number of nitrogens with zero attached hydrogens (tertiary/aromatic N) is 2. The second-order valence-electron chi connectivity index (χ2n) is 6.25. The molecule has 1 aliphatic carbocycles. The van der Waals surface area contributed by atoms with Crippen LogP contribution in [0, 0.1) is 0 Å². The van der Waals surface area contributed by atoms with Crippen LogP contribution in [0.2, 0.25) is 0 Å².